The van der Waals surface area contributed by atoms with E-state index < -0.39 is 0 Å². The first-order chi connectivity index (χ1) is 9.49. The van der Waals surface area contributed by atoms with Gasteiger partial charge >= 0.3 is 6.03 Å². The molecule has 110 valence electrons. The first-order valence-electron chi connectivity index (χ1n) is 6.87. The van der Waals surface area contributed by atoms with E-state index in [0.717, 1.165) is 12.1 Å². The van der Waals surface area contributed by atoms with Gasteiger partial charge in [0, 0.05) is 26.2 Å². The second kappa shape index (κ2) is 8.38. The molecule has 0 aliphatic heterocycles. The molecule has 2 amide bonds. The molecule has 0 bridgehead atoms. The predicted molar refractivity (Wildman–Crippen MR) is 84.7 cm³/mol. The van der Waals surface area contributed by atoms with E-state index in [0.29, 0.717) is 6.54 Å². The summed E-state index contributed by atoms with van der Waals surface area (Å²) in [6.07, 6.45) is 4.01. The molecule has 1 atom stereocenters. The summed E-state index contributed by atoms with van der Waals surface area (Å²) in [5.74, 6) is 0. The number of hydrogen-bond donors (Lipinski definition) is 1. The summed E-state index contributed by atoms with van der Waals surface area (Å²) in [7, 11) is 5.79. The van der Waals surface area contributed by atoms with Gasteiger partial charge in [0.2, 0.25) is 0 Å². The number of rotatable bonds is 6. The quantitative estimate of drug-likeness (QED) is 0.864. The van der Waals surface area contributed by atoms with Gasteiger partial charge < -0.3 is 15.1 Å². The van der Waals surface area contributed by atoms with Gasteiger partial charge in [0.25, 0.3) is 0 Å². The minimum absolute atomic E-state index is 0.0444. The molecule has 0 radical (unpaired) electrons. The monoisotopic (exact) mass is 275 g/mol. The third kappa shape index (κ3) is 6.38. The van der Waals surface area contributed by atoms with Crippen molar-refractivity contribution in [2.24, 2.45) is 0 Å². The molecule has 1 rings (SSSR count). The van der Waals surface area contributed by atoms with Crippen molar-refractivity contribution >= 4 is 12.1 Å². The highest BCUT2D eigenvalue weighted by atomic mass is 16.2. The smallest absolute Gasteiger partial charge is 0.317 e. The van der Waals surface area contributed by atoms with Crippen LogP contribution in [0.15, 0.2) is 36.4 Å². The number of nitrogens with one attached hydrogen (secondary N) is 1. The van der Waals surface area contributed by atoms with Gasteiger partial charge in [-0.2, -0.15) is 0 Å². The topological polar surface area (TPSA) is 35.6 Å². The fraction of sp³-hybridized carbons (Fsp3) is 0.438. The maximum absolute atomic E-state index is 11.9. The van der Waals surface area contributed by atoms with Crippen LogP contribution in [0.2, 0.25) is 0 Å². The van der Waals surface area contributed by atoms with E-state index in [2.05, 4.69) is 10.2 Å². The maximum atomic E-state index is 11.9. The number of benzene rings is 1. The van der Waals surface area contributed by atoms with Crippen molar-refractivity contribution in [3.05, 3.63) is 42.0 Å². The van der Waals surface area contributed by atoms with E-state index >= 15 is 0 Å². The van der Waals surface area contributed by atoms with Crippen LogP contribution in [0.25, 0.3) is 6.08 Å². The lowest BCUT2D eigenvalue weighted by atomic mass is 10.2. The molecule has 0 unspecified atom stereocenters. The summed E-state index contributed by atoms with van der Waals surface area (Å²) in [6, 6.07) is 10.2. The Morgan fingerprint density at radius 3 is 2.50 bits per heavy atom. The number of urea groups is 1. The Hall–Kier alpha value is -1.81. The van der Waals surface area contributed by atoms with Gasteiger partial charge in [0.1, 0.15) is 0 Å². The minimum atomic E-state index is -0.0444. The highest BCUT2D eigenvalue weighted by Gasteiger charge is 2.10. The molecule has 1 aromatic carbocycles. The molecule has 1 aromatic rings. The van der Waals surface area contributed by atoms with Crippen molar-refractivity contribution in [2.75, 3.05) is 34.2 Å². The third-order valence-corrected chi connectivity index (χ3v) is 2.84. The first kappa shape index (κ1) is 16.2. The summed E-state index contributed by atoms with van der Waals surface area (Å²) in [5, 5.41) is 2.97. The Morgan fingerprint density at radius 2 is 1.90 bits per heavy atom. The highest BCUT2D eigenvalue weighted by molar-refractivity contribution is 5.74. The van der Waals surface area contributed by atoms with Crippen LogP contribution in [-0.2, 0) is 0 Å². The van der Waals surface area contributed by atoms with Gasteiger partial charge in [-0.3, -0.25) is 0 Å². The molecule has 20 heavy (non-hydrogen) atoms. The van der Waals surface area contributed by atoms with Crippen molar-refractivity contribution in [1.29, 1.82) is 0 Å². The second-order valence-electron chi connectivity index (χ2n) is 5.31. The van der Waals surface area contributed by atoms with Crippen LogP contribution in [0.5, 0.6) is 0 Å². The number of carbonyl (C=O) groups excluding carboxylic acids is 1. The van der Waals surface area contributed by atoms with Crippen molar-refractivity contribution < 1.29 is 4.79 Å². The van der Waals surface area contributed by atoms with Crippen LogP contribution in [0.4, 0.5) is 4.79 Å². The third-order valence-electron chi connectivity index (χ3n) is 2.84. The summed E-state index contributed by atoms with van der Waals surface area (Å²) in [6.45, 7) is 3.43. The standard InChI is InChI=1S/C16H25N3O/c1-14(13-18(2)3)17-16(20)19(4)12-8-11-15-9-6-5-7-10-15/h5-11,14H,12-13H2,1-4H3,(H,17,20)/b11-8+/t14-/m1/s1. The van der Waals surface area contributed by atoms with Crippen molar-refractivity contribution in [1.82, 2.24) is 15.1 Å². The molecular formula is C16H25N3O. The molecule has 1 N–H and O–H groups in total. The SMILES string of the molecule is C[C@H](CN(C)C)NC(=O)N(C)C/C=C/c1ccccc1. The van der Waals surface area contributed by atoms with Gasteiger partial charge in [-0.25, -0.2) is 4.79 Å². The van der Waals surface area contributed by atoms with Crippen molar-refractivity contribution in [2.45, 2.75) is 13.0 Å². The molecule has 0 aliphatic carbocycles. The van der Waals surface area contributed by atoms with Crippen LogP contribution >= 0.6 is 0 Å². The molecule has 4 heteroatoms. The fourth-order valence-corrected chi connectivity index (χ4v) is 1.91. The molecule has 0 heterocycles. The van der Waals surface area contributed by atoms with Gasteiger partial charge in [0.15, 0.2) is 0 Å². The molecular weight excluding hydrogens is 250 g/mol. The number of likely N-dealkylation sites (N-methyl/N-ethyl adjacent to an activating group) is 2. The van der Waals surface area contributed by atoms with Crippen molar-refractivity contribution in [3.63, 3.8) is 0 Å². The summed E-state index contributed by atoms with van der Waals surface area (Å²) in [5.41, 5.74) is 1.14. The Balaban J connectivity index is 2.36. The van der Waals surface area contributed by atoms with E-state index in [1.165, 1.54) is 0 Å². The molecule has 0 fully saturated rings. The Bertz CT molecular complexity index is 429. The highest BCUT2D eigenvalue weighted by Crippen LogP contribution is 2.01. The molecule has 0 aromatic heterocycles. The van der Waals surface area contributed by atoms with E-state index in [-0.39, 0.29) is 12.1 Å². The second-order valence-corrected chi connectivity index (χ2v) is 5.31. The Labute approximate surface area is 122 Å². The molecule has 4 nitrogen and oxygen atoms in total. The molecule has 0 aliphatic rings. The average molecular weight is 275 g/mol. The van der Waals surface area contributed by atoms with Crippen LogP contribution in [0.1, 0.15) is 12.5 Å². The van der Waals surface area contributed by atoms with Gasteiger partial charge in [-0.1, -0.05) is 42.5 Å². The molecule has 0 saturated carbocycles. The summed E-state index contributed by atoms with van der Waals surface area (Å²) < 4.78 is 0. The molecule has 0 saturated heterocycles. The zero-order chi connectivity index (χ0) is 15.0. The van der Waals surface area contributed by atoms with Crippen LogP contribution < -0.4 is 5.32 Å². The van der Waals surface area contributed by atoms with Crippen LogP contribution in [0, 0.1) is 0 Å². The van der Waals surface area contributed by atoms with Crippen LogP contribution in [0.3, 0.4) is 0 Å². The fourth-order valence-electron chi connectivity index (χ4n) is 1.91. The number of hydrogen-bond acceptors (Lipinski definition) is 2. The Morgan fingerprint density at radius 1 is 1.25 bits per heavy atom. The van der Waals surface area contributed by atoms with Crippen LogP contribution in [-0.4, -0.2) is 56.1 Å². The lowest BCUT2D eigenvalue weighted by Crippen LogP contribution is -2.45. The lowest BCUT2D eigenvalue weighted by Gasteiger charge is -2.22. The average Bonchev–Trinajstić information content (AvgIpc) is 2.38. The summed E-state index contributed by atoms with van der Waals surface area (Å²) in [4.78, 5) is 15.7. The zero-order valence-electron chi connectivity index (χ0n) is 12.8. The van der Waals surface area contributed by atoms with E-state index in [4.69, 9.17) is 0 Å². The minimum Gasteiger partial charge on any atom is -0.334 e. The van der Waals surface area contributed by atoms with E-state index in [1.807, 2.05) is 63.5 Å². The Kier molecular flexibility index (Phi) is 6.81. The van der Waals surface area contributed by atoms with E-state index in [1.54, 1.807) is 11.9 Å². The van der Waals surface area contributed by atoms with Crippen molar-refractivity contribution in [3.8, 4) is 0 Å². The van der Waals surface area contributed by atoms with Gasteiger partial charge in [-0.15, -0.1) is 0 Å². The molecule has 0 spiro atoms. The first-order valence-corrected chi connectivity index (χ1v) is 6.87. The summed E-state index contributed by atoms with van der Waals surface area (Å²) >= 11 is 0. The predicted octanol–water partition coefficient (Wildman–Crippen LogP) is 2.29. The van der Waals surface area contributed by atoms with E-state index in [9.17, 15) is 4.79 Å². The maximum Gasteiger partial charge on any atom is 0.317 e. The number of amides is 2. The lowest BCUT2D eigenvalue weighted by molar-refractivity contribution is 0.206. The van der Waals surface area contributed by atoms with Gasteiger partial charge in [0.05, 0.1) is 0 Å². The largest absolute Gasteiger partial charge is 0.334 e. The number of carbonyl (C=O) groups is 1. The van der Waals surface area contributed by atoms with Gasteiger partial charge in [-0.05, 0) is 26.6 Å². The zero-order valence-corrected chi connectivity index (χ0v) is 12.8. The normalized spacial score (nSPS) is 12.7. The number of nitrogens with zero attached hydrogens (tertiary/aromatic N) is 2.